The SMILES string of the molecule is CCOC(=O)COc1ccccc1/C=c1/sc2n(c1=O)[C@H](c1ccc(OC(C)C)c(OC)c1)C(C(=O)OCC)=C(C)N=2. The number of carbonyl (C=O) groups excluding carboxylic acids is 2. The van der Waals surface area contributed by atoms with Gasteiger partial charge in [0.05, 0.1) is 48.3 Å². The minimum absolute atomic E-state index is 0.0798. The van der Waals surface area contributed by atoms with E-state index in [4.69, 9.17) is 23.7 Å². The van der Waals surface area contributed by atoms with Gasteiger partial charge in [0.15, 0.2) is 22.9 Å². The van der Waals surface area contributed by atoms with Crippen molar-refractivity contribution in [2.24, 2.45) is 4.99 Å². The van der Waals surface area contributed by atoms with Crippen LogP contribution in [-0.2, 0) is 19.1 Å². The van der Waals surface area contributed by atoms with Gasteiger partial charge in [-0.3, -0.25) is 9.36 Å². The van der Waals surface area contributed by atoms with E-state index in [0.717, 1.165) is 0 Å². The summed E-state index contributed by atoms with van der Waals surface area (Å²) in [4.78, 5) is 44.1. The Morgan fingerprint density at radius 1 is 1.05 bits per heavy atom. The Hall–Kier alpha value is -4.38. The van der Waals surface area contributed by atoms with E-state index < -0.39 is 18.0 Å². The molecule has 222 valence electrons. The van der Waals surface area contributed by atoms with Crippen LogP contribution in [-0.4, -0.2) is 49.5 Å². The van der Waals surface area contributed by atoms with Crippen LogP contribution in [0.15, 0.2) is 63.5 Å². The first-order valence-electron chi connectivity index (χ1n) is 13.6. The molecule has 3 aromatic rings. The maximum atomic E-state index is 14.0. The fourth-order valence-electron chi connectivity index (χ4n) is 4.52. The number of aromatic nitrogens is 1. The summed E-state index contributed by atoms with van der Waals surface area (Å²) in [6, 6.07) is 11.6. The predicted molar refractivity (Wildman–Crippen MR) is 158 cm³/mol. The number of hydrogen-bond acceptors (Lipinski definition) is 10. The Morgan fingerprint density at radius 3 is 2.48 bits per heavy atom. The van der Waals surface area contributed by atoms with Crippen molar-refractivity contribution in [2.75, 3.05) is 26.9 Å². The van der Waals surface area contributed by atoms with Gasteiger partial charge in [0, 0.05) is 5.56 Å². The highest BCUT2D eigenvalue weighted by Gasteiger charge is 2.34. The molecule has 1 aliphatic heterocycles. The zero-order valence-electron chi connectivity index (χ0n) is 24.5. The molecule has 0 amide bonds. The summed E-state index contributed by atoms with van der Waals surface area (Å²) < 4.78 is 29.4. The first-order chi connectivity index (χ1) is 20.2. The number of benzene rings is 2. The molecule has 1 aromatic heterocycles. The molecule has 4 rings (SSSR count). The number of allylic oxidation sites excluding steroid dienone is 1. The van der Waals surface area contributed by atoms with E-state index in [1.165, 1.54) is 23.0 Å². The molecule has 0 fully saturated rings. The normalized spacial score (nSPS) is 14.7. The van der Waals surface area contributed by atoms with Gasteiger partial charge >= 0.3 is 11.9 Å². The quantitative estimate of drug-likeness (QED) is 0.310. The van der Waals surface area contributed by atoms with Crippen molar-refractivity contribution in [1.29, 1.82) is 0 Å². The van der Waals surface area contributed by atoms with Gasteiger partial charge in [-0.1, -0.05) is 35.6 Å². The summed E-state index contributed by atoms with van der Waals surface area (Å²) >= 11 is 1.19. The van der Waals surface area contributed by atoms with Crippen LogP contribution in [0.4, 0.5) is 0 Å². The average Bonchev–Trinajstić information content (AvgIpc) is 3.26. The topological polar surface area (TPSA) is 115 Å². The number of rotatable bonds is 11. The van der Waals surface area contributed by atoms with Gasteiger partial charge in [-0.25, -0.2) is 14.6 Å². The highest BCUT2D eigenvalue weighted by Crippen LogP contribution is 2.36. The van der Waals surface area contributed by atoms with Crippen LogP contribution in [0, 0.1) is 0 Å². The Morgan fingerprint density at radius 2 is 1.79 bits per heavy atom. The molecule has 42 heavy (non-hydrogen) atoms. The van der Waals surface area contributed by atoms with E-state index in [9.17, 15) is 14.4 Å². The summed E-state index contributed by atoms with van der Waals surface area (Å²) in [6.45, 7) is 9.14. The van der Waals surface area contributed by atoms with Gasteiger partial charge in [-0.2, -0.15) is 0 Å². The average molecular weight is 595 g/mol. The number of carbonyl (C=O) groups is 2. The van der Waals surface area contributed by atoms with E-state index in [1.807, 2.05) is 13.8 Å². The Bertz CT molecular complexity index is 1690. The first kappa shape index (κ1) is 30.6. The molecule has 0 radical (unpaired) electrons. The van der Waals surface area contributed by atoms with Gasteiger partial charge in [0.25, 0.3) is 5.56 Å². The Balaban J connectivity index is 1.87. The Kier molecular flexibility index (Phi) is 9.84. The van der Waals surface area contributed by atoms with E-state index in [0.29, 0.717) is 43.4 Å². The molecule has 2 aromatic carbocycles. The summed E-state index contributed by atoms with van der Waals surface area (Å²) in [5, 5.41) is 0. The molecule has 0 bridgehead atoms. The third-order valence-electron chi connectivity index (χ3n) is 6.24. The molecule has 2 heterocycles. The minimum Gasteiger partial charge on any atom is -0.493 e. The number of para-hydroxylation sites is 1. The molecular weight excluding hydrogens is 560 g/mol. The number of esters is 2. The van der Waals surface area contributed by atoms with Crippen LogP contribution >= 0.6 is 11.3 Å². The fraction of sp³-hybridized carbons (Fsp3) is 0.355. The molecule has 11 heteroatoms. The molecule has 10 nitrogen and oxygen atoms in total. The third-order valence-corrected chi connectivity index (χ3v) is 7.22. The molecule has 0 spiro atoms. The van der Waals surface area contributed by atoms with Gasteiger partial charge < -0.3 is 23.7 Å². The van der Waals surface area contributed by atoms with Crippen molar-refractivity contribution < 1.29 is 33.3 Å². The molecular formula is C31H34N2O8S. The van der Waals surface area contributed by atoms with Gasteiger partial charge in [-0.15, -0.1) is 0 Å². The highest BCUT2D eigenvalue weighted by molar-refractivity contribution is 7.07. The van der Waals surface area contributed by atoms with E-state index in [-0.39, 0.29) is 37.1 Å². The zero-order chi connectivity index (χ0) is 30.4. The Labute approximate surface area is 247 Å². The standard InChI is InChI=1S/C31H34N2O8S/c1-7-38-26(34)17-40-22-12-10-9-11-20(22)16-25-29(35)33-28(21-13-14-23(41-18(3)4)24(15-21)37-6)27(30(36)39-8-2)19(5)32-31(33)42-25/h9-16,18,28H,7-8,17H2,1-6H3/b25-16+/t28-/m1/s1. The van der Waals surface area contributed by atoms with Crippen LogP contribution in [0.25, 0.3) is 6.08 Å². The van der Waals surface area contributed by atoms with Crippen LogP contribution in [0.2, 0.25) is 0 Å². The number of ether oxygens (including phenoxy) is 5. The summed E-state index contributed by atoms with van der Waals surface area (Å²) in [5.41, 5.74) is 1.59. The molecule has 0 unspecified atom stereocenters. The molecule has 0 saturated carbocycles. The molecule has 1 aliphatic rings. The maximum Gasteiger partial charge on any atom is 0.344 e. The molecule has 0 saturated heterocycles. The zero-order valence-corrected chi connectivity index (χ0v) is 25.3. The number of thiazole rings is 1. The van der Waals surface area contributed by atoms with E-state index >= 15 is 0 Å². The second kappa shape index (κ2) is 13.5. The lowest BCUT2D eigenvalue weighted by molar-refractivity contribution is -0.145. The monoisotopic (exact) mass is 594 g/mol. The van der Waals surface area contributed by atoms with Crippen molar-refractivity contribution in [1.82, 2.24) is 4.57 Å². The van der Waals surface area contributed by atoms with Crippen LogP contribution in [0.5, 0.6) is 17.2 Å². The lowest BCUT2D eigenvalue weighted by atomic mass is 9.95. The van der Waals surface area contributed by atoms with Crippen molar-refractivity contribution >= 4 is 29.4 Å². The number of fused-ring (bicyclic) bond motifs is 1. The summed E-state index contributed by atoms with van der Waals surface area (Å²) in [5.74, 6) is 0.378. The van der Waals surface area contributed by atoms with E-state index in [1.54, 1.807) is 69.3 Å². The van der Waals surface area contributed by atoms with Crippen molar-refractivity contribution in [3.05, 3.63) is 84.5 Å². The molecule has 0 N–H and O–H groups in total. The number of nitrogens with zero attached hydrogens (tertiary/aromatic N) is 2. The minimum atomic E-state index is -0.820. The van der Waals surface area contributed by atoms with Crippen LogP contribution < -0.4 is 29.1 Å². The lowest BCUT2D eigenvalue weighted by Crippen LogP contribution is -2.40. The lowest BCUT2D eigenvalue weighted by Gasteiger charge is -2.25. The number of methoxy groups -OCH3 is 1. The van der Waals surface area contributed by atoms with Crippen molar-refractivity contribution in [2.45, 2.75) is 46.8 Å². The van der Waals surface area contributed by atoms with Gasteiger partial charge in [0.2, 0.25) is 0 Å². The van der Waals surface area contributed by atoms with Crippen molar-refractivity contribution in [3.63, 3.8) is 0 Å². The van der Waals surface area contributed by atoms with Gasteiger partial charge in [-0.05, 0) is 64.5 Å². The summed E-state index contributed by atoms with van der Waals surface area (Å²) in [7, 11) is 1.53. The van der Waals surface area contributed by atoms with Crippen LogP contribution in [0.1, 0.15) is 51.8 Å². The highest BCUT2D eigenvalue weighted by atomic mass is 32.1. The largest absolute Gasteiger partial charge is 0.493 e. The smallest absolute Gasteiger partial charge is 0.344 e. The first-order valence-corrected chi connectivity index (χ1v) is 14.4. The maximum absolute atomic E-state index is 14.0. The van der Waals surface area contributed by atoms with E-state index in [2.05, 4.69) is 4.99 Å². The summed E-state index contributed by atoms with van der Waals surface area (Å²) in [6.07, 6.45) is 1.61. The second-order valence-corrected chi connectivity index (χ2v) is 10.5. The van der Waals surface area contributed by atoms with Crippen LogP contribution in [0.3, 0.4) is 0 Å². The third kappa shape index (κ3) is 6.57. The van der Waals surface area contributed by atoms with Gasteiger partial charge in [0.1, 0.15) is 5.75 Å². The van der Waals surface area contributed by atoms with Crippen molar-refractivity contribution in [3.8, 4) is 17.2 Å². The fourth-order valence-corrected chi connectivity index (χ4v) is 5.56. The molecule has 1 atom stereocenters. The molecule has 0 aliphatic carbocycles. The predicted octanol–water partition coefficient (Wildman–Crippen LogP) is 3.54. The second-order valence-electron chi connectivity index (χ2n) is 9.51. The number of hydrogen-bond donors (Lipinski definition) is 0.